The summed E-state index contributed by atoms with van der Waals surface area (Å²) in [6.07, 6.45) is 3.39. The summed E-state index contributed by atoms with van der Waals surface area (Å²) in [4.78, 5) is 16.6. The summed E-state index contributed by atoms with van der Waals surface area (Å²) in [5.74, 6) is -1.19. The Bertz CT molecular complexity index is 1620. The molecule has 43 heavy (non-hydrogen) atoms. The van der Waals surface area contributed by atoms with Gasteiger partial charge in [-0.1, -0.05) is 12.1 Å². The molecule has 2 saturated heterocycles. The van der Waals surface area contributed by atoms with E-state index in [4.69, 9.17) is 14.3 Å². The van der Waals surface area contributed by atoms with Crippen molar-refractivity contribution in [1.29, 1.82) is 0 Å². The number of halogens is 3. The van der Waals surface area contributed by atoms with E-state index in [-0.39, 0.29) is 17.8 Å². The maximum Gasteiger partial charge on any atom is 0.240 e. The van der Waals surface area contributed by atoms with Crippen molar-refractivity contribution in [3.05, 3.63) is 72.1 Å². The fraction of sp³-hybridized carbons (Fsp3) is 0.367. The molecular formula is C30H32F3N7O3. The lowest BCUT2D eigenvalue weighted by atomic mass is 10.0. The van der Waals surface area contributed by atoms with Gasteiger partial charge in [0.25, 0.3) is 0 Å². The van der Waals surface area contributed by atoms with Crippen LogP contribution < -0.4 is 20.0 Å². The zero-order valence-corrected chi connectivity index (χ0v) is 24.2. The van der Waals surface area contributed by atoms with Crippen LogP contribution in [0.5, 0.6) is 5.75 Å². The minimum absolute atomic E-state index is 0.0175. The number of aromatic nitrogens is 4. The van der Waals surface area contributed by atoms with Gasteiger partial charge < -0.3 is 19.7 Å². The summed E-state index contributed by atoms with van der Waals surface area (Å²) in [7, 11) is 3.22. The normalized spacial score (nSPS) is 20.5. The molecule has 226 valence electrons. The summed E-state index contributed by atoms with van der Waals surface area (Å²) in [6, 6.07) is 8.81. The van der Waals surface area contributed by atoms with E-state index in [1.165, 1.54) is 28.2 Å². The molecule has 1 N–H and O–H groups in total. The molecule has 2 aliphatic rings. The average molecular weight is 596 g/mol. The number of hydrogen-bond donors (Lipinski definition) is 1. The third-order valence-corrected chi connectivity index (χ3v) is 7.54. The van der Waals surface area contributed by atoms with Crippen LogP contribution in [0.2, 0.25) is 0 Å². The van der Waals surface area contributed by atoms with E-state index in [1.54, 1.807) is 32.5 Å². The van der Waals surface area contributed by atoms with E-state index < -0.39 is 23.6 Å². The first-order valence-corrected chi connectivity index (χ1v) is 14.0. The summed E-state index contributed by atoms with van der Waals surface area (Å²) in [6.45, 7) is 5.55. The van der Waals surface area contributed by atoms with Gasteiger partial charge in [0.15, 0.2) is 17.5 Å². The van der Waals surface area contributed by atoms with Gasteiger partial charge >= 0.3 is 0 Å². The molecule has 10 nitrogen and oxygen atoms in total. The van der Waals surface area contributed by atoms with Crippen LogP contribution in [-0.2, 0) is 16.6 Å². The van der Waals surface area contributed by atoms with Gasteiger partial charge in [-0.2, -0.15) is 4.39 Å². The van der Waals surface area contributed by atoms with Crippen LogP contribution in [0.15, 0.2) is 48.9 Å². The summed E-state index contributed by atoms with van der Waals surface area (Å²) in [5, 5.41) is 8.65. The molecule has 3 atom stereocenters. The third-order valence-electron chi connectivity index (χ3n) is 7.54. The molecule has 2 aliphatic heterocycles. The summed E-state index contributed by atoms with van der Waals surface area (Å²) < 4.78 is 56.8. The molecule has 4 heterocycles. The van der Waals surface area contributed by atoms with E-state index in [1.807, 2.05) is 19.9 Å². The molecule has 0 saturated carbocycles. The lowest BCUT2D eigenvalue weighted by Gasteiger charge is -2.38. The first-order valence-electron chi connectivity index (χ1n) is 14.0. The highest BCUT2D eigenvalue weighted by atomic mass is 19.2. The standard InChI is InChI=1S/C30H32F3N7O3/c1-17-13-39(14-18(2)43-17)25-11-26(41-4)23(10-20(25)21-15-38(3)37-30(21)33)36-27-12-28(35-16-34-27)40-24(8-9-42-40)19-6-5-7-22(31)29(19)32/h5-7,10-12,15-18,24H,8-9,13-14H2,1-4H3,(H,34,35,36)/t17-,18+,24-/m1/s1. The molecule has 2 fully saturated rings. The number of morpholine rings is 1. The Morgan fingerprint density at radius 1 is 1.02 bits per heavy atom. The summed E-state index contributed by atoms with van der Waals surface area (Å²) in [5.41, 5.74) is 2.44. The number of rotatable bonds is 7. The van der Waals surface area contributed by atoms with Crippen molar-refractivity contribution in [3.8, 4) is 16.9 Å². The van der Waals surface area contributed by atoms with Crippen molar-refractivity contribution in [1.82, 2.24) is 19.7 Å². The molecular weight excluding hydrogens is 563 g/mol. The van der Waals surface area contributed by atoms with Gasteiger partial charge in [-0.25, -0.2) is 23.8 Å². The predicted octanol–water partition coefficient (Wildman–Crippen LogP) is 5.54. The quantitative estimate of drug-likeness (QED) is 0.296. The Morgan fingerprint density at radius 2 is 1.81 bits per heavy atom. The Kier molecular flexibility index (Phi) is 7.84. The molecule has 0 unspecified atom stereocenters. The minimum Gasteiger partial charge on any atom is -0.494 e. The molecule has 0 bridgehead atoms. The van der Waals surface area contributed by atoms with Gasteiger partial charge in [0.05, 0.1) is 43.2 Å². The first kappa shape index (κ1) is 28.7. The SMILES string of the molecule is COc1cc(N2C[C@@H](C)O[C@@H](C)C2)c(-c2cn(C)nc2F)cc1Nc1cc(N2OCC[C@@H]2c2cccc(F)c2F)ncn1. The molecule has 0 radical (unpaired) electrons. The second kappa shape index (κ2) is 11.7. The number of methoxy groups -OCH3 is 1. The van der Waals surface area contributed by atoms with Gasteiger partial charge in [0.1, 0.15) is 17.9 Å². The van der Waals surface area contributed by atoms with Crippen LogP contribution in [0.25, 0.3) is 11.1 Å². The Morgan fingerprint density at radius 3 is 2.53 bits per heavy atom. The number of ether oxygens (including phenoxy) is 2. The second-order valence-corrected chi connectivity index (χ2v) is 10.7. The maximum atomic E-state index is 15.1. The van der Waals surface area contributed by atoms with Crippen LogP contribution in [0, 0.1) is 17.6 Å². The molecule has 13 heteroatoms. The molecule has 4 aromatic rings. The van der Waals surface area contributed by atoms with E-state index in [9.17, 15) is 8.78 Å². The lowest BCUT2D eigenvalue weighted by Crippen LogP contribution is -2.45. The largest absolute Gasteiger partial charge is 0.494 e. The first-order chi connectivity index (χ1) is 20.7. The molecule has 0 spiro atoms. The fourth-order valence-corrected chi connectivity index (χ4v) is 5.76. The Hall–Kier alpha value is -4.36. The predicted molar refractivity (Wildman–Crippen MR) is 155 cm³/mol. The number of hydroxylamine groups is 1. The highest BCUT2D eigenvalue weighted by Crippen LogP contribution is 2.42. The zero-order chi connectivity index (χ0) is 30.2. The van der Waals surface area contributed by atoms with Gasteiger partial charge in [-0.3, -0.25) is 9.52 Å². The van der Waals surface area contributed by atoms with E-state index >= 15 is 4.39 Å². The zero-order valence-electron chi connectivity index (χ0n) is 24.2. The minimum atomic E-state index is -0.924. The lowest BCUT2D eigenvalue weighted by molar-refractivity contribution is -0.00519. The number of hydrogen-bond acceptors (Lipinski definition) is 9. The van der Waals surface area contributed by atoms with Crippen molar-refractivity contribution in [3.63, 3.8) is 0 Å². The summed E-state index contributed by atoms with van der Waals surface area (Å²) >= 11 is 0. The van der Waals surface area contributed by atoms with Gasteiger partial charge in [-0.05, 0) is 26.0 Å². The molecule has 0 amide bonds. The van der Waals surface area contributed by atoms with Gasteiger partial charge in [0, 0.05) is 61.7 Å². The van der Waals surface area contributed by atoms with Crippen LogP contribution >= 0.6 is 0 Å². The Balaban J connectivity index is 1.36. The van der Waals surface area contributed by atoms with Crippen LogP contribution in [0.1, 0.15) is 31.9 Å². The highest BCUT2D eigenvalue weighted by molar-refractivity contribution is 5.86. The van der Waals surface area contributed by atoms with E-state index in [0.717, 1.165) is 11.8 Å². The third kappa shape index (κ3) is 5.69. The molecule has 6 rings (SSSR count). The fourth-order valence-electron chi connectivity index (χ4n) is 5.76. The van der Waals surface area contributed by atoms with E-state index in [2.05, 4.69) is 25.3 Å². The van der Waals surface area contributed by atoms with Crippen molar-refractivity contribution in [2.45, 2.75) is 38.5 Å². The molecule has 2 aromatic heterocycles. The number of aryl methyl sites for hydroxylation is 1. The number of nitrogens with one attached hydrogen (secondary N) is 1. The van der Waals surface area contributed by atoms with Crippen LogP contribution in [0.4, 0.5) is 36.2 Å². The Labute approximate surface area is 247 Å². The molecule has 2 aromatic carbocycles. The molecule has 0 aliphatic carbocycles. The van der Waals surface area contributed by atoms with Gasteiger partial charge in [0.2, 0.25) is 5.95 Å². The number of anilines is 4. The van der Waals surface area contributed by atoms with Crippen molar-refractivity contribution in [2.24, 2.45) is 7.05 Å². The van der Waals surface area contributed by atoms with Crippen LogP contribution in [0.3, 0.4) is 0 Å². The smallest absolute Gasteiger partial charge is 0.240 e. The van der Waals surface area contributed by atoms with Crippen molar-refractivity contribution >= 4 is 23.0 Å². The topological polar surface area (TPSA) is 89.8 Å². The maximum absolute atomic E-state index is 15.1. The highest BCUT2D eigenvalue weighted by Gasteiger charge is 2.32. The number of benzene rings is 2. The van der Waals surface area contributed by atoms with Gasteiger partial charge in [-0.15, -0.1) is 5.10 Å². The monoisotopic (exact) mass is 595 g/mol. The van der Waals surface area contributed by atoms with E-state index in [0.29, 0.717) is 60.3 Å². The second-order valence-electron chi connectivity index (χ2n) is 10.7. The average Bonchev–Trinajstić information content (AvgIpc) is 3.60. The number of nitrogens with zero attached hydrogens (tertiary/aromatic N) is 6. The van der Waals surface area contributed by atoms with Crippen LogP contribution in [-0.4, -0.2) is 58.8 Å². The van der Waals surface area contributed by atoms with Crippen molar-refractivity contribution in [2.75, 3.05) is 42.1 Å². The van der Waals surface area contributed by atoms with Crippen molar-refractivity contribution < 1.29 is 27.5 Å².